The first-order valence-corrected chi connectivity index (χ1v) is 7.71. The lowest BCUT2D eigenvalue weighted by Gasteiger charge is -2.12. The number of benzene rings is 1. The van der Waals surface area contributed by atoms with Crippen LogP contribution in [0.4, 0.5) is 0 Å². The summed E-state index contributed by atoms with van der Waals surface area (Å²) in [4.78, 5) is 1.11. The Morgan fingerprint density at radius 2 is 2.21 bits per heavy atom. The highest BCUT2D eigenvalue weighted by Crippen LogP contribution is 2.32. The van der Waals surface area contributed by atoms with Crippen LogP contribution in [0.2, 0.25) is 0 Å². The van der Waals surface area contributed by atoms with Gasteiger partial charge in [-0.3, -0.25) is 0 Å². The Morgan fingerprint density at radius 3 is 2.84 bits per heavy atom. The minimum atomic E-state index is 0.165. The van der Waals surface area contributed by atoms with Crippen LogP contribution in [0.15, 0.2) is 37.2 Å². The van der Waals surface area contributed by atoms with Crippen molar-refractivity contribution < 1.29 is 4.42 Å². The predicted octanol–water partition coefficient (Wildman–Crippen LogP) is 3.57. The molecular weight excluding hydrogens is 326 g/mol. The van der Waals surface area contributed by atoms with Crippen LogP contribution in [0.3, 0.4) is 0 Å². The van der Waals surface area contributed by atoms with Crippen molar-refractivity contribution in [3.63, 3.8) is 0 Å². The van der Waals surface area contributed by atoms with E-state index in [-0.39, 0.29) is 6.04 Å². The zero-order valence-electron chi connectivity index (χ0n) is 10.9. The summed E-state index contributed by atoms with van der Waals surface area (Å²) in [5.41, 5.74) is 7.24. The van der Waals surface area contributed by atoms with Gasteiger partial charge in [0.1, 0.15) is 0 Å². The van der Waals surface area contributed by atoms with Crippen molar-refractivity contribution in [3.05, 3.63) is 34.1 Å². The number of nitrogens with zero attached hydrogens (tertiary/aromatic N) is 2. The predicted molar refractivity (Wildman–Crippen MR) is 79.3 cm³/mol. The second-order valence-electron chi connectivity index (χ2n) is 4.31. The van der Waals surface area contributed by atoms with Crippen molar-refractivity contribution in [2.75, 3.05) is 0 Å². The zero-order valence-corrected chi connectivity index (χ0v) is 13.3. The molecule has 0 saturated carbocycles. The summed E-state index contributed by atoms with van der Waals surface area (Å²) in [6.45, 7) is 3.88. The SMILES string of the molecule is CCC(N)Cc1cc(Br)ccc1Sc1nnc(C)o1. The molecule has 2 rings (SSSR count). The molecule has 102 valence electrons. The summed E-state index contributed by atoms with van der Waals surface area (Å²) in [5.74, 6) is 0.575. The number of rotatable bonds is 5. The Labute approximate surface area is 125 Å². The highest BCUT2D eigenvalue weighted by atomic mass is 79.9. The third-order valence-corrected chi connectivity index (χ3v) is 4.18. The van der Waals surface area contributed by atoms with Gasteiger partial charge in [-0.25, -0.2) is 0 Å². The fourth-order valence-electron chi connectivity index (χ4n) is 1.65. The number of hydrogen-bond donors (Lipinski definition) is 1. The maximum absolute atomic E-state index is 6.05. The monoisotopic (exact) mass is 341 g/mol. The second-order valence-corrected chi connectivity index (χ2v) is 6.22. The molecule has 0 aliphatic carbocycles. The molecule has 0 aliphatic heterocycles. The van der Waals surface area contributed by atoms with Crippen molar-refractivity contribution >= 4 is 27.7 Å². The largest absolute Gasteiger partial charge is 0.416 e. The molecule has 4 nitrogen and oxygen atoms in total. The molecule has 0 radical (unpaired) electrons. The molecule has 0 amide bonds. The molecule has 1 atom stereocenters. The molecule has 1 aromatic heterocycles. The van der Waals surface area contributed by atoms with Crippen LogP contribution in [0.5, 0.6) is 0 Å². The van der Waals surface area contributed by atoms with Crippen LogP contribution < -0.4 is 5.73 Å². The molecule has 0 saturated heterocycles. The Hall–Kier alpha value is -0.850. The molecule has 0 spiro atoms. The van der Waals surface area contributed by atoms with Crippen molar-refractivity contribution in [1.29, 1.82) is 0 Å². The average Bonchev–Trinajstić information content (AvgIpc) is 2.78. The highest BCUT2D eigenvalue weighted by Gasteiger charge is 2.12. The minimum Gasteiger partial charge on any atom is -0.416 e. The Balaban J connectivity index is 2.23. The maximum atomic E-state index is 6.05. The van der Waals surface area contributed by atoms with E-state index in [4.69, 9.17) is 10.2 Å². The van der Waals surface area contributed by atoms with Crippen molar-refractivity contribution in [2.45, 2.75) is 42.8 Å². The molecule has 19 heavy (non-hydrogen) atoms. The van der Waals surface area contributed by atoms with Crippen LogP contribution >= 0.6 is 27.7 Å². The number of hydrogen-bond acceptors (Lipinski definition) is 5. The average molecular weight is 342 g/mol. The van der Waals surface area contributed by atoms with Gasteiger partial charge in [0.15, 0.2) is 0 Å². The van der Waals surface area contributed by atoms with Gasteiger partial charge in [-0.2, -0.15) is 0 Å². The smallest absolute Gasteiger partial charge is 0.281 e. The lowest BCUT2D eigenvalue weighted by molar-refractivity contribution is 0.429. The van der Waals surface area contributed by atoms with Gasteiger partial charge in [0.2, 0.25) is 5.89 Å². The van der Waals surface area contributed by atoms with Gasteiger partial charge in [0.05, 0.1) is 0 Å². The van der Waals surface area contributed by atoms with E-state index in [1.165, 1.54) is 17.3 Å². The Bertz CT molecular complexity index is 559. The molecule has 1 aromatic carbocycles. The van der Waals surface area contributed by atoms with Crippen LogP contribution in [0.25, 0.3) is 0 Å². The van der Waals surface area contributed by atoms with Gasteiger partial charge < -0.3 is 10.2 Å². The maximum Gasteiger partial charge on any atom is 0.281 e. The van der Waals surface area contributed by atoms with E-state index < -0.39 is 0 Å². The number of aryl methyl sites for hydroxylation is 1. The van der Waals surface area contributed by atoms with E-state index in [0.717, 1.165) is 22.2 Å². The fourth-order valence-corrected chi connectivity index (χ4v) is 2.90. The number of nitrogens with two attached hydrogens (primary N) is 1. The first-order chi connectivity index (χ1) is 9.08. The normalized spacial score (nSPS) is 12.6. The Kier molecular flexibility index (Phi) is 5.01. The lowest BCUT2D eigenvalue weighted by atomic mass is 10.1. The molecule has 2 aromatic rings. The second kappa shape index (κ2) is 6.54. The summed E-state index contributed by atoms with van der Waals surface area (Å²) < 4.78 is 6.45. The molecular formula is C13H16BrN3OS. The topological polar surface area (TPSA) is 64.9 Å². The van der Waals surface area contributed by atoms with Crippen LogP contribution in [0.1, 0.15) is 24.8 Å². The third-order valence-electron chi connectivity index (χ3n) is 2.73. The van der Waals surface area contributed by atoms with Crippen molar-refractivity contribution in [2.24, 2.45) is 5.73 Å². The molecule has 6 heteroatoms. The van der Waals surface area contributed by atoms with Gasteiger partial charge >= 0.3 is 0 Å². The quantitative estimate of drug-likeness (QED) is 0.900. The van der Waals surface area contributed by atoms with Gasteiger partial charge in [-0.05, 0) is 48.4 Å². The van der Waals surface area contributed by atoms with E-state index in [1.807, 2.05) is 12.1 Å². The van der Waals surface area contributed by atoms with Crippen molar-refractivity contribution in [1.82, 2.24) is 10.2 Å². The van der Waals surface area contributed by atoms with Gasteiger partial charge in [-0.1, -0.05) is 22.9 Å². The molecule has 0 aliphatic rings. The van der Waals surface area contributed by atoms with Crippen LogP contribution in [-0.2, 0) is 6.42 Å². The van der Waals surface area contributed by atoms with E-state index in [1.54, 1.807) is 6.92 Å². The summed E-state index contributed by atoms with van der Waals surface area (Å²) in [6.07, 6.45) is 1.79. The van der Waals surface area contributed by atoms with Gasteiger partial charge in [-0.15, -0.1) is 10.2 Å². The summed E-state index contributed by atoms with van der Waals surface area (Å²) >= 11 is 4.98. The minimum absolute atomic E-state index is 0.165. The summed E-state index contributed by atoms with van der Waals surface area (Å²) in [5, 5.41) is 8.40. The van der Waals surface area contributed by atoms with Gasteiger partial charge in [0.25, 0.3) is 5.22 Å². The van der Waals surface area contributed by atoms with Crippen molar-refractivity contribution in [3.8, 4) is 0 Å². The molecule has 2 N–H and O–H groups in total. The highest BCUT2D eigenvalue weighted by molar-refractivity contribution is 9.10. The molecule has 0 fully saturated rings. The molecule has 1 unspecified atom stereocenters. The summed E-state index contributed by atoms with van der Waals surface area (Å²) in [6, 6.07) is 6.32. The zero-order chi connectivity index (χ0) is 13.8. The first kappa shape index (κ1) is 14.6. The number of aromatic nitrogens is 2. The van der Waals surface area contributed by atoms with Crippen LogP contribution in [-0.4, -0.2) is 16.2 Å². The molecule has 0 bridgehead atoms. The Morgan fingerprint density at radius 1 is 1.42 bits per heavy atom. The summed E-state index contributed by atoms with van der Waals surface area (Å²) in [7, 11) is 0. The van der Waals surface area contributed by atoms with Crippen LogP contribution in [0, 0.1) is 6.92 Å². The van der Waals surface area contributed by atoms with E-state index >= 15 is 0 Å². The first-order valence-electron chi connectivity index (χ1n) is 6.10. The fraction of sp³-hybridized carbons (Fsp3) is 0.385. The molecule has 1 heterocycles. The lowest BCUT2D eigenvalue weighted by Crippen LogP contribution is -2.21. The van der Waals surface area contributed by atoms with E-state index in [2.05, 4.69) is 39.1 Å². The van der Waals surface area contributed by atoms with E-state index in [0.29, 0.717) is 11.1 Å². The van der Waals surface area contributed by atoms with Gasteiger partial charge in [0, 0.05) is 22.3 Å². The standard InChI is InChI=1S/C13H16BrN3OS/c1-3-11(15)7-9-6-10(14)4-5-12(9)19-13-17-16-8(2)18-13/h4-6,11H,3,7,15H2,1-2H3. The number of halogens is 1. The van der Waals surface area contributed by atoms with E-state index in [9.17, 15) is 0 Å². The third kappa shape index (κ3) is 4.06.